The average molecular weight is 522 g/mol. The molecule has 0 bridgehead atoms. The van der Waals surface area contributed by atoms with E-state index in [1.54, 1.807) is 4.31 Å². The number of sulfonamides is 1. The monoisotopic (exact) mass is 521 g/mol. The quantitative estimate of drug-likeness (QED) is 0.422. The van der Waals surface area contributed by atoms with Crippen molar-refractivity contribution in [3.63, 3.8) is 0 Å². The van der Waals surface area contributed by atoms with Crippen molar-refractivity contribution in [3.05, 3.63) is 57.9 Å². The van der Waals surface area contributed by atoms with Crippen LogP contribution in [0.1, 0.15) is 43.5 Å². The lowest BCUT2D eigenvalue weighted by molar-refractivity contribution is 0.0996. The molecule has 1 amide bonds. The number of carbonyl (C=O) groups is 1. The molecule has 34 heavy (non-hydrogen) atoms. The summed E-state index contributed by atoms with van der Waals surface area (Å²) < 4.78 is 36.0. The Morgan fingerprint density at radius 3 is 2.68 bits per heavy atom. The summed E-state index contributed by atoms with van der Waals surface area (Å²) in [4.78, 5) is 18.1. The maximum absolute atomic E-state index is 13.1. The summed E-state index contributed by atoms with van der Waals surface area (Å²) in [5, 5.41) is 0.614. The highest BCUT2D eigenvalue weighted by molar-refractivity contribution is 7.89. The molecule has 182 valence electrons. The van der Waals surface area contributed by atoms with Crippen molar-refractivity contribution >= 4 is 49.1 Å². The van der Waals surface area contributed by atoms with Crippen molar-refractivity contribution in [3.8, 4) is 0 Å². The standard InChI is InChI=1S/C24H28ClN3O4S2/c1-3-32-15-14-27-21-12-9-19(25)16-22(21)33-24(27)26-23(29)18-7-10-20(11-8-18)34(30,31)28-13-5-4-6-17(28)2/h7-12,16-17H,3-6,13-15H2,1-2H3. The van der Waals surface area contributed by atoms with E-state index in [0.717, 1.165) is 29.5 Å². The molecule has 0 aliphatic carbocycles. The molecule has 1 saturated heterocycles. The van der Waals surface area contributed by atoms with Crippen LogP contribution in [0.15, 0.2) is 52.4 Å². The Labute approximate surface area is 208 Å². The van der Waals surface area contributed by atoms with Gasteiger partial charge in [-0.2, -0.15) is 9.30 Å². The van der Waals surface area contributed by atoms with Gasteiger partial charge in [0.25, 0.3) is 5.91 Å². The first-order valence-corrected chi connectivity index (χ1v) is 14.0. The highest BCUT2D eigenvalue weighted by Crippen LogP contribution is 2.26. The van der Waals surface area contributed by atoms with E-state index in [9.17, 15) is 13.2 Å². The second kappa shape index (κ2) is 10.7. The molecule has 1 unspecified atom stereocenters. The third kappa shape index (κ3) is 5.28. The minimum atomic E-state index is -3.59. The molecule has 10 heteroatoms. The number of carbonyl (C=O) groups excluding carboxylic acids is 1. The molecular weight excluding hydrogens is 494 g/mol. The van der Waals surface area contributed by atoms with Gasteiger partial charge in [-0.15, -0.1) is 0 Å². The average Bonchev–Trinajstić information content (AvgIpc) is 3.15. The van der Waals surface area contributed by atoms with E-state index < -0.39 is 15.9 Å². The zero-order valence-corrected chi connectivity index (χ0v) is 21.6. The molecule has 1 fully saturated rings. The number of piperidine rings is 1. The first kappa shape index (κ1) is 25.1. The summed E-state index contributed by atoms with van der Waals surface area (Å²) in [6.45, 7) is 6.04. The molecule has 7 nitrogen and oxygen atoms in total. The van der Waals surface area contributed by atoms with Gasteiger partial charge >= 0.3 is 0 Å². The van der Waals surface area contributed by atoms with Crippen molar-refractivity contribution in [2.75, 3.05) is 19.8 Å². The lowest BCUT2D eigenvalue weighted by Crippen LogP contribution is -2.41. The van der Waals surface area contributed by atoms with Gasteiger partial charge in [0.05, 0.1) is 21.7 Å². The Morgan fingerprint density at radius 2 is 1.97 bits per heavy atom. The Kier molecular flexibility index (Phi) is 7.89. The first-order valence-electron chi connectivity index (χ1n) is 11.4. The number of hydrogen-bond donors (Lipinski definition) is 0. The molecule has 0 saturated carbocycles. The molecule has 3 aromatic rings. The molecule has 1 atom stereocenters. The number of thiazole rings is 1. The van der Waals surface area contributed by atoms with Crippen molar-refractivity contribution < 1.29 is 17.9 Å². The molecule has 0 spiro atoms. The molecule has 1 aliphatic heterocycles. The normalized spacial score (nSPS) is 18.0. The second-order valence-electron chi connectivity index (χ2n) is 8.25. The summed E-state index contributed by atoms with van der Waals surface area (Å²) in [5.74, 6) is -0.432. The van der Waals surface area contributed by atoms with Gasteiger partial charge in [-0.25, -0.2) is 8.42 Å². The highest BCUT2D eigenvalue weighted by Gasteiger charge is 2.30. The SMILES string of the molecule is CCOCCn1c(=NC(=O)c2ccc(S(=O)(=O)N3CCCCC3C)cc2)sc2cc(Cl)ccc21. The topological polar surface area (TPSA) is 81.0 Å². The van der Waals surface area contributed by atoms with Crippen LogP contribution >= 0.6 is 22.9 Å². The van der Waals surface area contributed by atoms with E-state index in [1.165, 1.54) is 35.6 Å². The number of rotatable bonds is 7. The van der Waals surface area contributed by atoms with E-state index in [0.29, 0.717) is 41.7 Å². The van der Waals surface area contributed by atoms with Gasteiger partial charge < -0.3 is 9.30 Å². The number of hydrogen-bond acceptors (Lipinski definition) is 5. The predicted octanol–water partition coefficient (Wildman–Crippen LogP) is 4.70. The van der Waals surface area contributed by atoms with Gasteiger partial charge in [0.15, 0.2) is 4.80 Å². The van der Waals surface area contributed by atoms with E-state index in [-0.39, 0.29) is 10.9 Å². The van der Waals surface area contributed by atoms with Gasteiger partial charge in [0.2, 0.25) is 10.0 Å². The zero-order chi connectivity index (χ0) is 24.3. The van der Waals surface area contributed by atoms with Crippen LogP contribution in [0.4, 0.5) is 0 Å². The molecule has 1 aliphatic rings. The van der Waals surface area contributed by atoms with Crippen LogP contribution in [0.25, 0.3) is 10.2 Å². The maximum atomic E-state index is 13.1. The Hall–Kier alpha value is -2.04. The summed E-state index contributed by atoms with van der Waals surface area (Å²) in [6.07, 6.45) is 2.76. The largest absolute Gasteiger partial charge is 0.380 e. The third-order valence-electron chi connectivity index (χ3n) is 5.96. The van der Waals surface area contributed by atoms with E-state index in [2.05, 4.69) is 4.99 Å². The lowest BCUT2D eigenvalue weighted by atomic mass is 10.1. The molecule has 1 aromatic heterocycles. The molecular formula is C24H28ClN3O4S2. The Morgan fingerprint density at radius 1 is 1.21 bits per heavy atom. The van der Waals surface area contributed by atoms with Gasteiger partial charge in [-0.3, -0.25) is 4.79 Å². The van der Waals surface area contributed by atoms with Gasteiger partial charge in [-0.1, -0.05) is 29.4 Å². The van der Waals surface area contributed by atoms with Gasteiger partial charge in [0.1, 0.15) is 0 Å². The molecule has 2 heterocycles. The van der Waals surface area contributed by atoms with E-state index in [1.807, 2.05) is 36.6 Å². The van der Waals surface area contributed by atoms with Crippen LogP contribution in [-0.2, 0) is 21.3 Å². The maximum Gasteiger partial charge on any atom is 0.279 e. The first-order chi connectivity index (χ1) is 16.3. The second-order valence-corrected chi connectivity index (χ2v) is 11.6. The van der Waals surface area contributed by atoms with Gasteiger partial charge in [-0.05, 0) is 69.2 Å². The van der Waals surface area contributed by atoms with Crippen molar-refractivity contribution in [1.82, 2.24) is 8.87 Å². The minimum Gasteiger partial charge on any atom is -0.380 e. The third-order valence-corrected chi connectivity index (χ3v) is 9.26. The number of benzene rings is 2. The Balaban J connectivity index is 1.63. The van der Waals surface area contributed by atoms with Crippen LogP contribution in [0.5, 0.6) is 0 Å². The van der Waals surface area contributed by atoms with Crippen molar-refractivity contribution in [2.24, 2.45) is 4.99 Å². The molecule has 4 rings (SSSR count). The zero-order valence-electron chi connectivity index (χ0n) is 19.2. The molecule has 0 N–H and O–H groups in total. The number of amides is 1. The smallest absolute Gasteiger partial charge is 0.279 e. The minimum absolute atomic E-state index is 0.0244. The van der Waals surface area contributed by atoms with Crippen molar-refractivity contribution in [2.45, 2.75) is 50.6 Å². The van der Waals surface area contributed by atoms with Crippen LogP contribution in [0.2, 0.25) is 5.02 Å². The fraction of sp³-hybridized carbons (Fsp3) is 0.417. The van der Waals surface area contributed by atoms with Crippen molar-refractivity contribution in [1.29, 1.82) is 0 Å². The van der Waals surface area contributed by atoms with Gasteiger partial charge in [0, 0.05) is 36.3 Å². The summed E-state index contributed by atoms with van der Waals surface area (Å²) in [7, 11) is -3.59. The van der Waals surface area contributed by atoms with Crippen LogP contribution < -0.4 is 4.80 Å². The number of nitrogens with zero attached hydrogens (tertiary/aromatic N) is 3. The number of ether oxygens (including phenoxy) is 1. The molecule has 2 aromatic carbocycles. The summed E-state index contributed by atoms with van der Waals surface area (Å²) in [5.41, 5.74) is 1.26. The van der Waals surface area contributed by atoms with Crippen LogP contribution in [0.3, 0.4) is 0 Å². The lowest BCUT2D eigenvalue weighted by Gasteiger charge is -2.32. The highest BCUT2D eigenvalue weighted by atomic mass is 35.5. The predicted molar refractivity (Wildman–Crippen MR) is 135 cm³/mol. The van der Waals surface area contributed by atoms with E-state index in [4.69, 9.17) is 16.3 Å². The van der Waals surface area contributed by atoms with Crippen LogP contribution in [-0.4, -0.2) is 49.0 Å². The number of fused-ring (bicyclic) bond motifs is 1. The Bertz CT molecular complexity index is 1350. The van der Waals surface area contributed by atoms with Crippen LogP contribution in [0, 0.1) is 0 Å². The number of aromatic nitrogens is 1. The molecule has 0 radical (unpaired) electrons. The number of halogens is 1. The summed E-state index contributed by atoms with van der Waals surface area (Å²) in [6, 6.07) is 11.6. The fourth-order valence-corrected chi connectivity index (χ4v) is 7.16. The van der Waals surface area contributed by atoms with E-state index >= 15 is 0 Å². The fourth-order valence-electron chi connectivity index (χ4n) is 4.13. The summed E-state index contributed by atoms with van der Waals surface area (Å²) >= 11 is 7.53.